The van der Waals surface area contributed by atoms with Gasteiger partial charge in [-0.25, -0.2) is 0 Å². The fraction of sp³-hybridized carbons (Fsp3) is 0.111. The second-order valence-corrected chi connectivity index (χ2v) is 7.84. The summed E-state index contributed by atoms with van der Waals surface area (Å²) in [6, 6.07) is 3.81. The van der Waals surface area contributed by atoms with Crippen LogP contribution in [0, 0.1) is 0 Å². The van der Waals surface area contributed by atoms with Crippen molar-refractivity contribution in [3.05, 3.63) is 41.1 Å². The van der Waals surface area contributed by atoms with E-state index in [1.807, 2.05) is 17.5 Å². The van der Waals surface area contributed by atoms with Crippen LogP contribution in [-0.2, 0) is 0 Å². The van der Waals surface area contributed by atoms with E-state index in [0.717, 1.165) is 14.9 Å². The van der Waals surface area contributed by atoms with Crippen LogP contribution in [0.2, 0.25) is 8.67 Å². The minimum Gasteiger partial charge on any atom is -0.136 e. The van der Waals surface area contributed by atoms with Crippen molar-refractivity contribution in [3.63, 3.8) is 0 Å². The SMILES string of the molecule is Clc1cc(C(Cl)c2csc(Br)c2)c(Cl)s1. The maximum absolute atomic E-state index is 6.31. The molecule has 2 heterocycles. The van der Waals surface area contributed by atoms with Crippen LogP contribution >= 0.6 is 73.4 Å². The standard InChI is InChI=1S/C9H4BrCl3S2/c10-6-1-4(3-14-6)8(12)5-2-7(11)15-9(5)13/h1-3,8H. The van der Waals surface area contributed by atoms with Crippen LogP contribution in [0.25, 0.3) is 0 Å². The molecule has 0 aliphatic carbocycles. The Balaban J connectivity index is 2.35. The Morgan fingerprint density at radius 3 is 2.47 bits per heavy atom. The van der Waals surface area contributed by atoms with E-state index in [2.05, 4.69) is 15.9 Å². The first-order valence-electron chi connectivity index (χ1n) is 3.90. The van der Waals surface area contributed by atoms with E-state index in [-0.39, 0.29) is 5.38 Å². The van der Waals surface area contributed by atoms with Crippen LogP contribution in [0.5, 0.6) is 0 Å². The number of halogens is 4. The molecule has 1 unspecified atom stereocenters. The molecule has 0 saturated carbocycles. The summed E-state index contributed by atoms with van der Waals surface area (Å²) in [7, 11) is 0. The number of hydrogen-bond acceptors (Lipinski definition) is 2. The minimum atomic E-state index is -0.233. The second kappa shape index (κ2) is 4.94. The van der Waals surface area contributed by atoms with E-state index in [9.17, 15) is 0 Å². The van der Waals surface area contributed by atoms with Gasteiger partial charge in [-0.1, -0.05) is 23.2 Å². The van der Waals surface area contributed by atoms with Crippen molar-refractivity contribution in [2.45, 2.75) is 5.38 Å². The molecule has 0 fully saturated rings. The number of alkyl halides is 1. The lowest BCUT2D eigenvalue weighted by atomic mass is 10.1. The molecule has 0 aliphatic rings. The molecule has 0 aliphatic heterocycles. The summed E-state index contributed by atoms with van der Waals surface area (Å²) >= 11 is 24.6. The molecule has 0 saturated heterocycles. The predicted octanol–water partition coefficient (Wildman–Crippen LogP) is 6.21. The molecule has 15 heavy (non-hydrogen) atoms. The van der Waals surface area contributed by atoms with Gasteiger partial charge in [0.05, 0.1) is 17.8 Å². The summed E-state index contributed by atoms with van der Waals surface area (Å²) in [4.78, 5) is 0. The highest BCUT2D eigenvalue weighted by Gasteiger charge is 2.18. The molecule has 6 heteroatoms. The summed E-state index contributed by atoms with van der Waals surface area (Å²) in [5.74, 6) is 0. The zero-order chi connectivity index (χ0) is 11.0. The van der Waals surface area contributed by atoms with Crippen LogP contribution in [0.3, 0.4) is 0 Å². The molecule has 0 N–H and O–H groups in total. The van der Waals surface area contributed by atoms with Crippen molar-refractivity contribution in [2.75, 3.05) is 0 Å². The Labute approximate surface area is 119 Å². The molecular weight excluding hydrogens is 358 g/mol. The highest BCUT2D eigenvalue weighted by molar-refractivity contribution is 9.11. The molecule has 0 nitrogen and oxygen atoms in total. The maximum Gasteiger partial charge on any atom is 0.0994 e. The van der Waals surface area contributed by atoms with Crippen LogP contribution in [0.1, 0.15) is 16.5 Å². The third-order valence-corrected chi connectivity index (χ3v) is 5.36. The van der Waals surface area contributed by atoms with Gasteiger partial charge in [0.25, 0.3) is 0 Å². The third kappa shape index (κ3) is 2.71. The Bertz CT molecular complexity index is 477. The second-order valence-electron chi connectivity index (χ2n) is 2.83. The number of hydrogen-bond donors (Lipinski definition) is 0. The lowest BCUT2D eigenvalue weighted by Crippen LogP contribution is -1.88. The topological polar surface area (TPSA) is 0 Å². The molecule has 0 amide bonds. The van der Waals surface area contributed by atoms with E-state index in [0.29, 0.717) is 8.67 Å². The molecule has 0 aromatic carbocycles. The monoisotopic (exact) mass is 360 g/mol. The first kappa shape index (κ1) is 12.2. The van der Waals surface area contributed by atoms with Crippen molar-refractivity contribution in [1.82, 2.24) is 0 Å². The molecule has 2 rings (SSSR count). The van der Waals surface area contributed by atoms with Gasteiger partial charge in [-0.2, -0.15) is 0 Å². The summed E-state index contributed by atoms with van der Waals surface area (Å²) in [6.07, 6.45) is 0. The average Bonchev–Trinajstić information content (AvgIpc) is 2.71. The zero-order valence-corrected chi connectivity index (χ0v) is 12.6. The Kier molecular flexibility index (Phi) is 4.03. The van der Waals surface area contributed by atoms with Crippen LogP contribution in [0.4, 0.5) is 0 Å². The van der Waals surface area contributed by atoms with E-state index in [4.69, 9.17) is 34.8 Å². The van der Waals surface area contributed by atoms with E-state index >= 15 is 0 Å². The van der Waals surface area contributed by atoms with Crippen molar-refractivity contribution < 1.29 is 0 Å². The molecule has 1 atom stereocenters. The number of rotatable bonds is 2. The Morgan fingerprint density at radius 2 is 2.00 bits per heavy atom. The zero-order valence-electron chi connectivity index (χ0n) is 7.14. The predicted molar refractivity (Wildman–Crippen MR) is 74.1 cm³/mol. The van der Waals surface area contributed by atoms with Gasteiger partial charge in [-0.15, -0.1) is 34.3 Å². The average molecular weight is 363 g/mol. The lowest BCUT2D eigenvalue weighted by molar-refractivity contribution is 1.17. The van der Waals surface area contributed by atoms with E-state index < -0.39 is 0 Å². The fourth-order valence-electron chi connectivity index (χ4n) is 1.16. The Morgan fingerprint density at radius 1 is 1.27 bits per heavy atom. The third-order valence-electron chi connectivity index (χ3n) is 1.84. The molecule has 2 aromatic heterocycles. The highest BCUT2D eigenvalue weighted by Crippen LogP contribution is 2.41. The van der Waals surface area contributed by atoms with Crippen LogP contribution in [0.15, 0.2) is 21.3 Å². The minimum absolute atomic E-state index is 0.233. The van der Waals surface area contributed by atoms with Gasteiger partial charge < -0.3 is 0 Å². The van der Waals surface area contributed by atoms with Crippen molar-refractivity contribution in [1.29, 1.82) is 0 Å². The van der Waals surface area contributed by atoms with Gasteiger partial charge >= 0.3 is 0 Å². The quantitative estimate of drug-likeness (QED) is 0.557. The van der Waals surface area contributed by atoms with E-state index in [1.54, 1.807) is 11.3 Å². The van der Waals surface area contributed by atoms with Gasteiger partial charge in [0.15, 0.2) is 0 Å². The first-order chi connectivity index (χ1) is 7.08. The largest absolute Gasteiger partial charge is 0.136 e. The summed E-state index contributed by atoms with van der Waals surface area (Å²) in [5, 5.41) is 1.77. The molecule has 0 radical (unpaired) electrons. The molecule has 0 spiro atoms. The normalized spacial score (nSPS) is 13.1. The van der Waals surface area contributed by atoms with Gasteiger partial charge in [0.1, 0.15) is 0 Å². The van der Waals surface area contributed by atoms with Gasteiger partial charge in [-0.05, 0) is 39.0 Å². The summed E-state index contributed by atoms with van der Waals surface area (Å²) in [5.41, 5.74) is 1.91. The molecule has 0 bridgehead atoms. The molecular formula is C9H4BrCl3S2. The van der Waals surface area contributed by atoms with Gasteiger partial charge in [-0.3, -0.25) is 0 Å². The lowest BCUT2D eigenvalue weighted by Gasteiger charge is -2.05. The maximum atomic E-state index is 6.31. The van der Waals surface area contributed by atoms with Crippen molar-refractivity contribution in [2.24, 2.45) is 0 Å². The smallest absolute Gasteiger partial charge is 0.0994 e. The van der Waals surface area contributed by atoms with E-state index in [1.165, 1.54) is 11.3 Å². The summed E-state index contributed by atoms with van der Waals surface area (Å²) in [6.45, 7) is 0. The molecule has 80 valence electrons. The fourth-order valence-corrected chi connectivity index (χ4v) is 4.39. The first-order valence-corrected chi connectivity index (χ1v) is 7.59. The Hall–Kier alpha value is 0.750. The van der Waals surface area contributed by atoms with Crippen LogP contribution in [-0.4, -0.2) is 0 Å². The highest BCUT2D eigenvalue weighted by atomic mass is 79.9. The van der Waals surface area contributed by atoms with Crippen LogP contribution < -0.4 is 0 Å². The number of thiophene rings is 2. The molecule has 2 aromatic rings. The van der Waals surface area contributed by atoms with Gasteiger partial charge in [0.2, 0.25) is 0 Å². The van der Waals surface area contributed by atoms with Crippen molar-refractivity contribution in [3.8, 4) is 0 Å². The van der Waals surface area contributed by atoms with Gasteiger partial charge in [0, 0.05) is 5.56 Å². The van der Waals surface area contributed by atoms with Crippen molar-refractivity contribution >= 4 is 73.4 Å². The summed E-state index contributed by atoms with van der Waals surface area (Å²) < 4.78 is 2.37.